The molecule has 0 radical (unpaired) electrons. The van der Waals surface area contributed by atoms with Crippen LogP contribution in [0.25, 0.3) is 0 Å². The summed E-state index contributed by atoms with van der Waals surface area (Å²) in [6.45, 7) is -0.451. The van der Waals surface area contributed by atoms with Crippen LogP contribution in [0.2, 0.25) is 0 Å². The first-order valence-electron chi connectivity index (χ1n) is 5.74. The highest BCUT2D eigenvalue weighted by molar-refractivity contribution is 6.02. The summed E-state index contributed by atoms with van der Waals surface area (Å²) < 4.78 is 4.83. The largest absolute Gasteiger partial charge is 0.464 e. The molecule has 0 atom stereocenters. The van der Waals surface area contributed by atoms with Crippen LogP contribution in [0.15, 0.2) is 0 Å². The van der Waals surface area contributed by atoms with Crippen LogP contribution < -0.4 is 0 Å². The maximum absolute atomic E-state index is 11.5. The van der Waals surface area contributed by atoms with E-state index in [-0.39, 0.29) is 37.9 Å². The van der Waals surface area contributed by atoms with E-state index in [2.05, 4.69) is 0 Å². The van der Waals surface area contributed by atoms with Crippen LogP contribution in [0, 0.1) is 0 Å². The molecule has 8 heteroatoms. The van der Waals surface area contributed by atoms with E-state index in [4.69, 9.17) is 4.74 Å². The number of hydrogen-bond donors (Lipinski definition) is 0. The molecule has 1 saturated heterocycles. The van der Waals surface area contributed by atoms with E-state index in [1.165, 1.54) is 11.9 Å². The molecular formula is C11H17N3O5. The average Bonchev–Trinajstić information content (AvgIpc) is 2.56. The van der Waals surface area contributed by atoms with Gasteiger partial charge in [-0.2, -0.15) is 0 Å². The SMILES string of the molecule is CN(C)C(=O)CCOC(=O)CN1CC(=O)N(C)C1=O. The molecule has 19 heavy (non-hydrogen) atoms. The van der Waals surface area contributed by atoms with Crippen LogP contribution >= 0.6 is 0 Å². The van der Waals surface area contributed by atoms with E-state index >= 15 is 0 Å². The quantitative estimate of drug-likeness (QED) is 0.468. The second-order valence-electron chi connectivity index (χ2n) is 4.35. The maximum Gasteiger partial charge on any atom is 0.327 e. The lowest BCUT2D eigenvalue weighted by atomic mass is 10.4. The van der Waals surface area contributed by atoms with Crippen LogP contribution in [-0.4, -0.2) is 79.4 Å². The number of hydrogen-bond acceptors (Lipinski definition) is 5. The van der Waals surface area contributed by atoms with E-state index in [0.29, 0.717) is 0 Å². The predicted octanol–water partition coefficient (Wildman–Crippen LogP) is -1.10. The minimum Gasteiger partial charge on any atom is -0.464 e. The molecule has 0 aliphatic carbocycles. The van der Waals surface area contributed by atoms with Crippen LogP contribution in [-0.2, 0) is 19.1 Å². The van der Waals surface area contributed by atoms with Gasteiger partial charge in [0.05, 0.1) is 6.42 Å². The Bertz CT molecular complexity index is 407. The highest BCUT2D eigenvalue weighted by Crippen LogP contribution is 2.07. The summed E-state index contributed by atoms with van der Waals surface area (Å²) in [6, 6.07) is -0.522. The number of urea groups is 1. The van der Waals surface area contributed by atoms with Crippen molar-refractivity contribution in [3.63, 3.8) is 0 Å². The highest BCUT2D eigenvalue weighted by atomic mass is 16.5. The summed E-state index contributed by atoms with van der Waals surface area (Å²) in [4.78, 5) is 48.8. The zero-order chi connectivity index (χ0) is 14.6. The zero-order valence-electron chi connectivity index (χ0n) is 11.2. The van der Waals surface area contributed by atoms with Crippen molar-refractivity contribution in [3.8, 4) is 0 Å². The Labute approximate surface area is 110 Å². The lowest BCUT2D eigenvalue weighted by Gasteiger charge is -2.14. The van der Waals surface area contributed by atoms with Gasteiger partial charge in [-0.25, -0.2) is 4.79 Å². The Morgan fingerprint density at radius 1 is 1.32 bits per heavy atom. The van der Waals surface area contributed by atoms with Gasteiger partial charge in [0.1, 0.15) is 19.7 Å². The van der Waals surface area contributed by atoms with Gasteiger partial charge in [0, 0.05) is 21.1 Å². The van der Waals surface area contributed by atoms with Crippen LogP contribution in [0.1, 0.15) is 6.42 Å². The molecule has 0 aromatic carbocycles. The lowest BCUT2D eigenvalue weighted by molar-refractivity contribution is -0.145. The minimum absolute atomic E-state index is 0.0400. The number of esters is 1. The molecule has 1 aliphatic heterocycles. The summed E-state index contributed by atoms with van der Waals surface area (Å²) in [5.74, 6) is -1.15. The molecule has 1 aliphatic rings. The third kappa shape index (κ3) is 3.94. The van der Waals surface area contributed by atoms with Crippen molar-refractivity contribution in [1.82, 2.24) is 14.7 Å². The van der Waals surface area contributed by atoms with E-state index in [0.717, 1.165) is 9.80 Å². The Morgan fingerprint density at radius 3 is 2.42 bits per heavy atom. The fourth-order valence-electron chi connectivity index (χ4n) is 1.46. The van der Waals surface area contributed by atoms with Crippen LogP contribution in [0.3, 0.4) is 0 Å². The number of amides is 4. The number of likely N-dealkylation sites (N-methyl/N-ethyl adjacent to an activating group) is 1. The number of carbonyl (C=O) groups is 4. The van der Waals surface area contributed by atoms with Gasteiger partial charge in [-0.3, -0.25) is 19.3 Å². The zero-order valence-corrected chi connectivity index (χ0v) is 11.2. The summed E-state index contributed by atoms with van der Waals surface area (Å²) in [5, 5.41) is 0. The Kier molecular flexibility index (Phi) is 4.85. The third-order valence-corrected chi connectivity index (χ3v) is 2.66. The van der Waals surface area contributed by atoms with Crippen LogP contribution in [0.4, 0.5) is 4.79 Å². The second-order valence-corrected chi connectivity index (χ2v) is 4.35. The topological polar surface area (TPSA) is 87.2 Å². The highest BCUT2D eigenvalue weighted by Gasteiger charge is 2.34. The third-order valence-electron chi connectivity index (χ3n) is 2.66. The van der Waals surface area contributed by atoms with Gasteiger partial charge in [-0.15, -0.1) is 0 Å². The number of carbonyl (C=O) groups excluding carboxylic acids is 4. The van der Waals surface area contributed by atoms with Crippen molar-refractivity contribution in [2.75, 3.05) is 40.8 Å². The number of rotatable bonds is 5. The van der Waals surface area contributed by atoms with Crippen molar-refractivity contribution in [2.24, 2.45) is 0 Å². The molecule has 1 fully saturated rings. The number of ether oxygens (including phenoxy) is 1. The van der Waals surface area contributed by atoms with Crippen LogP contribution in [0.5, 0.6) is 0 Å². The Hall–Kier alpha value is -2.12. The maximum atomic E-state index is 11.5. The fourth-order valence-corrected chi connectivity index (χ4v) is 1.46. The van der Waals surface area contributed by atoms with Gasteiger partial charge in [-0.1, -0.05) is 0 Å². The Morgan fingerprint density at radius 2 is 1.95 bits per heavy atom. The standard InChI is InChI=1S/C11H17N3O5/c1-12(2)8(15)4-5-19-10(17)7-14-6-9(16)13(3)11(14)18/h4-7H2,1-3H3. The molecule has 1 rings (SSSR count). The molecule has 0 N–H and O–H groups in total. The molecule has 106 valence electrons. The van der Waals surface area contributed by atoms with Gasteiger partial charge in [0.15, 0.2) is 0 Å². The van der Waals surface area contributed by atoms with Crippen molar-refractivity contribution in [2.45, 2.75) is 6.42 Å². The molecule has 1 heterocycles. The summed E-state index contributed by atoms with van der Waals surface area (Å²) in [7, 11) is 4.56. The summed E-state index contributed by atoms with van der Waals surface area (Å²) in [5.41, 5.74) is 0. The van der Waals surface area contributed by atoms with Gasteiger partial charge < -0.3 is 14.5 Å². The van der Waals surface area contributed by atoms with Crippen molar-refractivity contribution >= 4 is 23.8 Å². The first-order chi connectivity index (χ1) is 8.82. The first-order valence-corrected chi connectivity index (χ1v) is 5.74. The first kappa shape index (κ1) is 14.9. The van der Waals surface area contributed by atoms with Gasteiger partial charge in [0.25, 0.3) is 0 Å². The summed E-state index contributed by atoms with van der Waals surface area (Å²) in [6.07, 6.45) is 0.0888. The van der Waals surface area contributed by atoms with Gasteiger partial charge in [-0.05, 0) is 0 Å². The average molecular weight is 271 g/mol. The fraction of sp³-hybridized carbons (Fsp3) is 0.636. The Balaban J connectivity index is 2.31. The smallest absolute Gasteiger partial charge is 0.327 e. The predicted molar refractivity (Wildman–Crippen MR) is 64.0 cm³/mol. The van der Waals surface area contributed by atoms with Gasteiger partial charge in [0.2, 0.25) is 11.8 Å². The van der Waals surface area contributed by atoms with E-state index < -0.39 is 12.0 Å². The molecule has 0 unspecified atom stereocenters. The minimum atomic E-state index is -0.636. The molecule has 0 spiro atoms. The van der Waals surface area contributed by atoms with Crippen molar-refractivity contribution < 1.29 is 23.9 Å². The molecule has 0 aromatic heterocycles. The van der Waals surface area contributed by atoms with Crippen molar-refractivity contribution in [3.05, 3.63) is 0 Å². The molecule has 0 bridgehead atoms. The van der Waals surface area contributed by atoms with E-state index in [9.17, 15) is 19.2 Å². The second kappa shape index (κ2) is 6.17. The monoisotopic (exact) mass is 271 g/mol. The van der Waals surface area contributed by atoms with Crippen molar-refractivity contribution in [1.29, 1.82) is 0 Å². The van der Waals surface area contributed by atoms with Gasteiger partial charge >= 0.3 is 12.0 Å². The summed E-state index contributed by atoms with van der Waals surface area (Å²) >= 11 is 0. The normalized spacial score (nSPS) is 14.9. The van der Waals surface area contributed by atoms with E-state index in [1.807, 2.05) is 0 Å². The van der Waals surface area contributed by atoms with E-state index in [1.54, 1.807) is 14.1 Å². The lowest BCUT2D eigenvalue weighted by Crippen LogP contribution is -2.35. The number of imide groups is 1. The number of nitrogens with zero attached hydrogens (tertiary/aromatic N) is 3. The molecule has 4 amide bonds. The molecule has 8 nitrogen and oxygen atoms in total. The molecule has 0 aromatic rings. The molecular weight excluding hydrogens is 254 g/mol. The molecule has 0 saturated carbocycles.